The van der Waals surface area contributed by atoms with Gasteiger partial charge in [-0.3, -0.25) is 14.3 Å². The molecular weight excluding hydrogens is 330 g/mol. The zero-order chi connectivity index (χ0) is 18.5. The number of likely N-dealkylation sites (tertiary alicyclic amines) is 1. The van der Waals surface area contributed by atoms with Crippen LogP contribution in [0.25, 0.3) is 11.3 Å². The summed E-state index contributed by atoms with van der Waals surface area (Å²) in [5.74, 6) is -0.461. The first-order chi connectivity index (χ1) is 12.5. The monoisotopic (exact) mass is 355 g/mol. The molecular formula is C19H25N5O2. The number of aromatic nitrogens is 2. The van der Waals surface area contributed by atoms with Gasteiger partial charge in [-0.05, 0) is 25.5 Å². The van der Waals surface area contributed by atoms with E-state index in [0.717, 1.165) is 30.6 Å². The Morgan fingerprint density at radius 3 is 2.81 bits per heavy atom. The van der Waals surface area contributed by atoms with Crippen LogP contribution in [-0.2, 0) is 11.8 Å². The van der Waals surface area contributed by atoms with E-state index in [9.17, 15) is 9.59 Å². The van der Waals surface area contributed by atoms with Crippen LogP contribution in [0.4, 0.5) is 0 Å². The van der Waals surface area contributed by atoms with Gasteiger partial charge in [0.15, 0.2) is 0 Å². The largest absolute Gasteiger partial charge is 0.369 e. The molecule has 3 rings (SSSR count). The van der Waals surface area contributed by atoms with Gasteiger partial charge in [0.1, 0.15) is 5.69 Å². The number of amides is 2. The predicted octanol–water partition coefficient (Wildman–Crippen LogP) is 1.01. The summed E-state index contributed by atoms with van der Waals surface area (Å²) in [5.41, 5.74) is 7.69. The highest BCUT2D eigenvalue weighted by Gasteiger charge is 2.23. The van der Waals surface area contributed by atoms with E-state index in [0.29, 0.717) is 25.3 Å². The van der Waals surface area contributed by atoms with Gasteiger partial charge in [0.05, 0.1) is 11.6 Å². The van der Waals surface area contributed by atoms with Gasteiger partial charge < -0.3 is 16.0 Å². The summed E-state index contributed by atoms with van der Waals surface area (Å²) in [6, 6.07) is 11.6. The molecule has 1 atom stereocenters. The van der Waals surface area contributed by atoms with Crippen LogP contribution >= 0.6 is 0 Å². The van der Waals surface area contributed by atoms with Crippen molar-refractivity contribution in [1.82, 2.24) is 20.0 Å². The molecule has 26 heavy (non-hydrogen) atoms. The maximum absolute atomic E-state index is 12.5. The Morgan fingerprint density at radius 2 is 2.08 bits per heavy atom. The van der Waals surface area contributed by atoms with E-state index in [1.54, 1.807) is 17.8 Å². The number of aryl methyl sites for hydroxylation is 1. The molecule has 0 saturated carbocycles. The summed E-state index contributed by atoms with van der Waals surface area (Å²) in [5, 5.41) is 7.36. The van der Waals surface area contributed by atoms with Crippen molar-refractivity contribution in [3.8, 4) is 11.3 Å². The Hall–Kier alpha value is -2.67. The lowest BCUT2D eigenvalue weighted by Crippen LogP contribution is -2.44. The Bertz CT molecular complexity index is 771. The lowest BCUT2D eigenvalue weighted by atomic mass is 9.97. The number of hydrogen-bond donors (Lipinski definition) is 2. The van der Waals surface area contributed by atoms with E-state index < -0.39 is 0 Å². The first-order valence-corrected chi connectivity index (χ1v) is 8.94. The zero-order valence-corrected chi connectivity index (χ0v) is 15.0. The lowest BCUT2D eigenvalue weighted by molar-refractivity contribution is -0.123. The molecule has 1 aliphatic heterocycles. The third-order valence-corrected chi connectivity index (χ3v) is 4.80. The highest BCUT2D eigenvalue weighted by molar-refractivity contribution is 5.93. The van der Waals surface area contributed by atoms with Crippen LogP contribution in [0.2, 0.25) is 0 Å². The molecule has 1 saturated heterocycles. The van der Waals surface area contributed by atoms with Crippen LogP contribution in [0.15, 0.2) is 36.4 Å². The molecule has 2 heterocycles. The fraction of sp³-hybridized carbons (Fsp3) is 0.421. The highest BCUT2D eigenvalue weighted by Crippen LogP contribution is 2.18. The lowest BCUT2D eigenvalue weighted by Gasteiger charge is -2.31. The molecule has 1 aliphatic rings. The smallest absolute Gasteiger partial charge is 0.269 e. The van der Waals surface area contributed by atoms with Crippen molar-refractivity contribution < 1.29 is 9.59 Å². The van der Waals surface area contributed by atoms with Crippen molar-refractivity contribution >= 4 is 11.8 Å². The number of carbonyl (C=O) groups excluding carboxylic acids is 2. The van der Waals surface area contributed by atoms with Crippen molar-refractivity contribution in [2.24, 2.45) is 18.7 Å². The molecule has 2 amide bonds. The van der Waals surface area contributed by atoms with Crippen molar-refractivity contribution in [3.63, 3.8) is 0 Å². The number of rotatable bonds is 6. The minimum atomic E-state index is -0.234. The average molecular weight is 355 g/mol. The third-order valence-electron chi connectivity index (χ3n) is 4.80. The normalized spacial score (nSPS) is 17.8. The number of nitrogens with zero attached hydrogens (tertiary/aromatic N) is 3. The minimum absolute atomic E-state index is 0.0787. The first kappa shape index (κ1) is 18.1. The molecule has 7 heteroatoms. The topological polar surface area (TPSA) is 93.2 Å². The van der Waals surface area contributed by atoms with Gasteiger partial charge in [-0.15, -0.1) is 0 Å². The van der Waals surface area contributed by atoms with E-state index in [1.807, 2.05) is 30.3 Å². The number of carbonyl (C=O) groups is 2. The van der Waals surface area contributed by atoms with Crippen molar-refractivity contribution in [3.05, 3.63) is 42.1 Å². The molecule has 0 spiro atoms. The van der Waals surface area contributed by atoms with Gasteiger partial charge in [0, 0.05) is 32.2 Å². The second-order valence-corrected chi connectivity index (χ2v) is 6.70. The van der Waals surface area contributed by atoms with E-state index in [2.05, 4.69) is 15.3 Å². The van der Waals surface area contributed by atoms with Crippen molar-refractivity contribution in [2.45, 2.75) is 12.8 Å². The van der Waals surface area contributed by atoms with Crippen LogP contribution in [0.1, 0.15) is 23.3 Å². The summed E-state index contributed by atoms with van der Waals surface area (Å²) in [4.78, 5) is 26.0. The van der Waals surface area contributed by atoms with E-state index >= 15 is 0 Å². The second-order valence-electron chi connectivity index (χ2n) is 6.70. The average Bonchev–Trinajstić information content (AvgIpc) is 3.04. The summed E-state index contributed by atoms with van der Waals surface area (Å²) in [7, 11) is 1.77. The molecule has 1 fully saturated rings. The summed E-state index contributed by atoms with van der Waals surface area (Å²) < 4.78 is 1.60. The molecule has 0 bridgehead atoms. The number of piperidine rings is 1. The maximum Gasteiger partial charge on any atom is 0.269 e. The van der Waals surface area contributed by atoms with Gasteiger partial charge in [-0.25, -0.2) is 0 Å². The molecule has 3 N–H and O–H groups in total. The Morgan fingerprint density at radius 1 is 1.31 bits per heavy atom. The van der Waals surface area contributed by atoms with Crippen molar-refractivity contribution in [2.75, 3.05) is 26.2 Å². The minimum Gasteiger partial charge on any atom is -0.369 e. The standard InChI is InChI=1S/C19H25N5O2/c1-23-17(12-16(22-23)14-6-3-2-4-7-14)19(26)21-9-11-24-10-5-8-15(13-24)18(20)25/h2-4,6-7,12,15H,5,8-11,13H2,1H3,(H2,20,25)(H,21,26)/t15-/m1/s1. The van der Waals surface area contributed by atoms with Gasteiger partial charge in [-0.1, -0.05) is 30.3 Å². The number of primary amides is 1. The number of benzene rings is 1. The molecule has 1 aromatic heterocycles. The molecule has 0 aliphatic carbocycles. The van der Waals surface area contributed by atoms with E-state index in [4.69, 9.17) is 5.73 Å². The van der Waals surface area contributed by atoms with Crippen LogP contribution < -0.4 is 11.1 Å². The second kappa shape index (κ2) is 8.14. The SMILES string of the molecule is Cn1nc(-c2ccccc2)cc1C(=O)NCCN1CCC[C@@H](C(N)=O)C1. The number of nitrogens with one attached hydrogen (secondary N) is 1. The van der Waals surface area contributed by atoms with Gasteiger partial charge in [0.2, 0.25) is 5.91 Å². The molecule has 0 unspecified atom stereocenters. The van der Waals surface area contributed by atoms with Crippen LogP contribution in [0.5, 0.6) is 0 Å². The molecule has 138 valence electrons. The molecule has 0 radical (unpaired) electrons. The van der Waals surface area contributed by atoms with Gasteiger partial charge in [-0.2, -0.15) is 5.10 Å². The summed E-state index contributed by atoms with van der Waals surface area (Å²) >= 11 is 0. The van der Waals surface area contributed by atoms with E-state index in [1.165, 1.54) is 0 Å². The van der Waals surface area contributed by atoms with Gasteiger partial charge in [0.25, 0.3) is 5.91 Å². The van der Waals surface area contributed by atoms with Crippen LogP contribution in [0, 0.1) is 5.92 Å². The fourth-order valence-electron chi connectivity index (χ4n) is 3.34. The summed E-state index contributed by atoms with van der Waals surface area (Å²) in [6.07, 6.45) is 1.82. The van der Waals surface area contributed by atoms with Crippen molar-refractivity contribution in [1.29, 1.82) is 0 Å². The number of hydrogen-bond acceptors (Lipinski definition) is 4. The number of nitrogens with two attached hydrogens (primary N) is 1. The molecule has 2 aromatic rings. The fourth-order valence-corrected chi connectivity index (χ4v) is 3.34. The van der Waals surface area contributed by atoms with Crippen LogP contribution in [-0.4, -0.2) is 52.7 Å². The molecule has 7 nitrogen and oxygen atoms in total. The molecule has 1 aromatic carbocycles. The Balaban J connectivity index is 1.54. The Labute approximate surface area is 153 Å². The quantitative estimate of drug-likeness (QED) is 0.809. The highest BCUT2D eigenvalue weighted by atomic mass is 16.2. The van der Waals surface area contributed by atoms with Gasteiger partial charge >= 0.3 is 0 Å². The first-order valence-electron chi connectivity index (χ1n) is 8.94. The maximum atomic E-state index is 12.5. The zero-order valence-electron chi connectivity index (χ0n) is 15.0. The van der Waals surface area contributed by atoms with E-state index in [-0.39, 0.29) is 17.7 Å². The Kier molecular flexibility index (Phi) is 5.68. The van der Waals surface area contributed by atoms with Crippen LogP contribution in [0.3, 0.4) is 0 Å². The third kappa shape index (κ3) is 4.29. The predicted molar refractivity (Wildman–Crippen MR) is 99.3 cm³/mol. The summed E-state index contributed by atoms with van der Waals surface area (Å²) in [6.45, 7) is 2.84.